The molecule has 17 heavy (non-hydrogen) atoms. The van der Waals surface area contributed by atoms with Crippen LogP contribution in [0.5, 0.6) is 0 Å². The molecule has 2 unspecified atom stereocenters. The summed E-state index contributed by atoms with van der Waals surface area (Å²) in [5, 5.41) is 0. The van der Waals surface area contributed by atoms with Gasteiger partial charge in [0.05, 0.1) is 11.4 Å². The van der Waals surface area contributed by atoms with Crippen molar-refractivity contribution < 1.29 is 0 Å². The summed E-state index contributed by atoms with van der Waals surface area (Å²) in [6, 6.07) is 5.01. The lowest BCUT2D eigenvalue weighted by molar-refractivity contribution is 0.259. The summed E-state index contributed by atoms with van der Waals surface area (Å²) >= 11 is 1.79. The van der Waals surface area contributed by atoms with Crippen molar-refractivity contribution in [1.82, 2.24) is 4.90 Å². The zero-order valence-electron chi connectivity index (χ0n) is 10.6. The van der Waals surface area contributed by atoms with Gasteiger partial charge in [0.25, 0.3) is 0 Å². The Hall–Kier alpha value is -0.820. The number of hydrogen-bond donors (Lipinski definition) is 1. The molecule has 0 saturated carbocycles. The molecule has 0 aromatic carbocycles. The second-order valence-electron chi connectivity index (χ2n) is 4.89. The van der Waals surface area contributed by atoms with Gasteiger partial charge in [-0.25, -0.2) is 0 Å². The van der Waals surface area contributed by atoms with Crippen LogP contribution in [0, 0.1) is 17.8 Å². The van der Waals surface area contributed by atoms with Crippen molar-refractivity contribution in [3.63, 3.8) is 0 Å². The summed E-state index contributed by atoms with van der Waals surface area (Å²) in [7, 11) is 0. The number of nitrogens with zero attached hydrogens (tertiary/aromatic N) is 1. The standard InChI is InChI=1S/C14H20N2S/c1-11-8-12(2)16(9-11)10-14-6-5-13(17-14)4-3-7-15/h5-6,11-12H,7-10,15H2,1-2H3. The molecule has 3 heteroatoms. The quantitative estimate of drug-likeness (QED) is 0.814. The number of hydrogen-bond acceptors (Lipinski definition) is 3. The van der Waals surface area contributed by atoms with Crippen molar-refractivity contribution in [3.8, 4) is 11.8 Å². The molecule has 2 heterocycles. The minimum absolute atomic E-state index is 0.438. The average Bonchev–Trinajstić information content (AvgIpc) is 2.84. The first-order valence-corrected chi connectivity index (χ1v) is 7.02. The maximum absolute atomic E-state index is 5.37. The fourth-order valence-corrected chi connectivity index (χ4v) is 3.38. The van der Waals surface area contributed by atoms with E-state index in [4.69, 9.17) is 5.73 Å². The lowest BCUT2D eigenvalue weighted by Crippen LogP contribution is -2.25. The summed E-state index contributed by atoms with van der Waals surface area (Å²) in [6.07, 6.45) is 1.32. The Morgan fingerprint density at radius 2 is 2.29 bits per heavy atom. The van der Waals surface area contributed by atoms with Gasteiger partial charge in [0.15, 0.2) is 0 Å². The van der Waals surface area contributed by atoms with Gasteiger partial charge in [-0.15, -0.1) is 11.3 Å². The van der Waals surface area contributed by atoms with E-state index >= 15 is 0 Å². The molecule has 2 rings (SSSR count). The number of thiophene rings is 1. The predicted molar refractivity (Wildman–Crippen MR) is 73.9 cm³/mol. The molecule has 2 atom stereocenters. The molecule has 1 aliphatic heterocycles. The van der Waals surface area contributed by atoms with Crippen molar-refractivity contribution in [1.29, 1.82) is 0 Å². The summed E-state index contributed by atoms with van der Waals surface area (Å²) in [5.74, 6) is 6.83. The number of nitrogens with two attached hydrogens (primary N) is 1. The van der Waals surface area contributed by atoms with E-state index in [2.05, 4.69) is 42.7 Å². The number of rotatable bonds is 2. The third-order valence-corrected chi connectivity index (χ3v) is 4.23. The summed E-state index contributed by atoms with van der Waals surface area (Å²) in [5.41, 5.74) is 5.37. The highest BCUT2D eigenvalue weighted by Crippen LogP contribution is 2.26. The molecular formula is C14H20N2S. The van der Waals surface area contributed by atoms with E-state index in [1.165, 1.54) is 17.8 Å². The third kappa shape index (κ3) is 3.32. The fourth-order valence-electron chi connectivity index (χ4n) is 2.47. The van der Waals surface area contributed by atoms with Crippen LogP contribution in [0.3, 0.4) is 0 Å². The highest BCUT2D eigenvalue weighted by Gasteiger charge is 2.25. The Kier molecular flexibility index (Phi) is 4.22. The van der Waals surface area contributed by atoms with Crippen LogP contribution in [0.25, 0.3) is 0 Å². The van der Waals surface area contributed by atoms with Crippen molar-refractivity contribution in [2.45, 2.75) is 32.9 Å². The molecule has 0 radical (unpaired) electrons. The topological polar surface area (TPSA) is 29.3 Å². The van der Waals surface area contributed by atoms with Gasteiger partial charge in [-0.3, -0.25) is 4.90 Å². The molecule has 1 aromatic rings. The van der Waals surface area contributed by atoms with Gasteiger partial charge >= 0.3 is 0 Å². The van der Waals surface area contributed by atoms with Crippen molar-refractivity contribution >= 4 is 11.3 Å². The minimum atomic E-state index is 0.438. The molecule has 1 fully saturated rings. The Labute approximate surface area is 108 Å². The molecule has 2 nitrogen and oxygen atoms in total. The predicted octanol–water partition coefficient (Wildman–Crippen LogP) is 2.29. The highest BCUT2D eigenvalue weighted by atomic mass is 32.1. The van der Waals surface area contributed by atoms with E-state index < -0.39 is 0 Å². The largest absolute Gasteiger partial charge is 0.320 e. The van der Waals surface area contributed by atoms with Crippen LogP contribution in [0.15, 0.2) is 12.1 Å². The van der Waals surface area contributed by atoms with Gasteiger partial charge < -0.3 is 5.73 Å². The van der Waals surface area contributed by atoms with Crippen LogP contribution in [-0.2, 0) is 6.54 Å². The highest BCUT2D eigenvalue weighted by molar-refractivity contribution is 7.12. The van der Waals surface area contributed by atoms with E-state index in [1.54, 1.807) is 11.3 Å². The summed E-state index contributed by atoms with van der Waals surface area (Å²) in [6.45, 7) is 7.40. The molecule has 2 N–H and O–H groups in total. The molecule has 1 aromatic heterocycles. The van der Waals surface area contributed by atoms with Gasteiger partial charge in [0, 0.05) is 24.0 Å². The first kappa shape index (κ1) is 12.6. The first-order chi connectivity index (χ1) is 8.19. The minimum Gasteiger partial charge on any atom is -0.320 e. The Balaban J connectivity index is 1.97. The molecule has 1 aliphatic rings. The van der Waals surface area contributed by atoms with Crippen molar-refractivity contribution in [2.24, 2.45) is 11.7 Å². The fraction of sp³-hybridized carbons (Fsp3) is 0.571. The lowest BCUT2D eigenvalue weighted by Gasteiger charge is -2.19. The molecule has 0 spiro atoms. The average molecular weight is 248 g/mol. The van der Waals surface area contributed by atoms with Crippen LogP contribution in [0.4, 0.5) is 0 Å². The van der Waals surface area contributed by atoms with Crippen molar-refractivity contribution in [2.75, 3.05) is 13.1 Å². The second kappa shape index (κ2) is 5.68. The van der Waals surface area contributed by atoms with Crippen LogP contribution < -0.4 is 5.73 Å². The summed E-state index contributed by atoms with van der Waals surface area (Å²) < 4.78 is 0. The smallest absolute Gasteiger partial charge is 0.0772 e. The van der Waals surface area contributed by atoms with Gasteiger partial charge in [0.2, 0.25) is 0 Å². The van der Waals surface area contributed by atoms with Gasteiger partial charge in [-0.2, -0.15) is 0 Å². The number of likely N-dealkylation sites (tertiary alicyclic amines) is 1. The van der Waals surface area contributed by atoms with Crippen LogP contribution >= 0.6 is 11.3 Å². The zero-order chi connectivity index (χ0) is 12.3. The van der Waals surface area contributed by atoms with E-state index in [1.807, 2.05) is 0 Å². The first-order valence-electron chi connectivity index (χ1n) is 6.20. The maximum atomic E-state index is 5.37. The Morgan fingerprint density at radius 1 is 1.47 bits per heavy atom. The lowest BCUT2D eigenvalue weighted by atomic mass is 10.1. The van der Waals surface area contributed by atoms with Gasteiger partial charge in [-0.05, 0) is 31.4 Å². The van der Waals surface area contributed by atoms with E-state index in [-0.39, 0.29) is 0 Å². The van der Waals surface area contributed by atoms with E-state index in [9.17, 15) is 0 Å². The molecule has 0 aliphatic carbocycles. The van der Waals surface area contributed by atoms with E-state index in [0.717, 1.165) is 17.3 Å². The third-order valence-electron chi connectivity index (χ3n) is 3.25. The normalized spacial score (nSPS) is 24.6. The molecule has 1 saturated heterocycles. The zero-order valence-corrected chi connectivity index (χ0v) is 11.4. The molecule has 0 amide bonds. The van der Waals surface area contributed by atoms with Gasteiger partial charge in [-0.1, -0.05) is 18.8 Å². The Morgan fingerprint density at radius 3 is 2.94 bits per heavy atom. The molecule has 92 valence electrons. The second-order valence-corrected chi connectivity index (χ2v) is 6.06. The monoisotopic (exact) mass is 248 g/mol. The van der Waals surface area contributed by atoms with Gasteiger partial charge in [0.1, 0.15) is 0 Å². The van der Waals surface area contributed by atoms with E-state index in [0.29, 0.717) is 12.6 Å². The van der Waals surface area contributed by atoms with Crippen LogP contribution in [0.2, 0.25) is 0 Å². The van der Waals surface area contributed by atoms with Crippen LogP contribution in [0.1, 0.15) is 30.0 Å². The SMILES string of the molecule is CC1CC(C)N(Cc2ccc(C#CCN)s2)C1. The van der Waals surface area contributed by atoms with Crippen LogP contribution in [-0.4, -0.2) is 24.0 Å². The molecule has 0 bridgehead atoms. The summed E-state index contributed by atoms with van der Waals surface area (Å²) in [4.78, 5) is 5.11. The van der Waals surface area contributed by atoms with Crippen molar-refractivity contribution in [3.05, 3.63) is 21.9 Å². The molecular weight excluding hydrogens is 228 g/mol. The maximum Gasteiger partial charge on any atom is 0.0772 e. The Bertz CT molecular complexity index is 427.